The number of para-hydroxylation sites is 2. The van der Waals surface area contributed by atoms with E-state index in [-0.39, 0.29) is 0 Å². The van der Waals surface area contributed by atoms with Gasteiger partial charge in [-0.1, -0.05) is 134 Å². The number of nitrogens with zero attached hydrogens (tertiary/aromatic N) is 2. The second-order valence-corrected chi connectivity index (χ2v) is 16.2. The molecular formula is C52H52N2. The van der Waals surface area contributed by atoms with Crippen LogP contribution in [0.4, 0.5) is 34.1 Å². The summed E-state index contributed by atoms with van der Waals surface area (Å²) in [6.07, 6.45) is 0. The van der Waals surface area contributed by atoms with Crippen molar-refractivity contribution >= 4 is 66.4 Å². The summed E-state index contributed by atoms with van der Waals surface area (Å²) in [7, 11) is 0. The van der Waals surface area contributed by atoms with Crippen LogP contribution in [0.25, 0.3) is 32.3 Å². The van der Waals surface area contributed by atoms with E-state index in [0.29, 0.717) is 23.7 Å². The van der Waals surface area contributed by atoms with Gasteiger partial charge in [-0.3, -0.25) is 0 Å². The molecule has 0 aromatic heterocycles. The third-order valence-corrected chi connectivity index (χ3v) is 11.3. The van der Waals surface area contributed by atoms with Gasteiger partial charge in [-0.15, -0.1) is 0 Å². The summed E-state index contributed by atoms with van der Waals surface area (Å²) < 4.78 is 0. The molecule has 0 spiro atoms. The molecule has 0 aliphatic heterocycles. The molecule has 0 amide bonds. The highest BCUT2D eigenvalue weighted by Crippen LogP contribution is 2.51. The summed E-state index contributed by atoms with van der Waals surface area (Å²) in [6, 6.07) is 54.6. The monoisotopic (exact) mass is 704 g/mol. The molecule has 54 heavy (non-hydrogen) atoms. The second-order valence-electron chi connectivity index (χ2n) is 16.2. The summed E-state index contributed by atoms with van der Waals surface area (Å²) in [5, 5.41) is 7.92. The quantitative estimate of drug-likeness (QED) is 0.131. The predicted molar refractivity (Wildman–Crippen MR) is 236 cm³/mol. The van der Waals surface area contributed by atoms with Crippen molar-refractivity contribution in [1.29, 1.82) is 0 Å². The number of anilines is 6. The van der Waals surface area contributed by atoms with E-state index in [1.807, 2.05) is 0 Å². The lowest BCUT2D eigenvalue weighted by Gasteiger charge is -2.31. The molecule has 0 bridgehead atoms. The molecular weight excluding hydrogens is 653 g/mol. The molecule has 8 rings (SSSR count). The zero-order valence-corrected chi connectivity index (χ0v) is 33.1. The highest BCUT2D eigenvalue weighted by atomic mass is 15.1. The van der Waals surface area contributed by atoms with Crippen LogP contribution in [-0.2, 0) is 0 Å². The van der Waals surface area contributed by atoms with Gasteiger partial charge in [0.15, 0.2) is 0 Å². The molecule has 0 saturated heterocycles. The highest BCUT2D eigenvalue weighted by molar-refractivity contribution is 6.29. The van der Waals surface area contributed by atoms with Gasteiger partial charge in [-0.25, -0.2) is 0 Å². The fraction of sp³-hybridized carbons (Fsp3) is 0.231. The van der Waals surface area contributed by atoms with E-state index in [2.05, 4.69) is 211 Å². The molecule has 0 N–H and O–H groups in total. The number of benzene rings is 8. The minimum atomic E-state index is 0.332. The topological polar surface area (TPSA) is 6.48 Å². The molecule has 0 saturated carbocycles. The van der Waals surface area contributed by atoms with Gasteiger partial charge in [-0.2, -0.15) is 0 Å². The van der Waals surface area contributed by atoms with Crippen LogP contribution >= 0.6 is 0 Å². The normalized spacial score (nSPS) is 12.0. The SMILES string of the molecule is CC(C)c1ccc(N(c2ccccc2)c2ccc3c(C(C)C)cc4c(N(c5ccccc5)c5ccc(C(C)C)cc5)cc(C(C)C)c5ccc2c3c54)cc1. The predicted octanol–water partition coefficient (Wildman–Crippen LogP) is 16.0. The van der Waals surface area contributed by atoms with Crippen molar-refractivity contribution < 1.29 is 0 Å². The molecule has 0 aliphatic rings. The fourth-order valence-electron chi connectivity index (χ4n) is 8.36. The third kappa shape index (κ3) is 6.18. The van der Waals surface area contributed by atoms with Crippen molar-refractivity contribution in [2.45, 2.75) is 79.1 Å². The maximum absolute atomic E-state index is 2.51. The van der Waals surface area contributed by atoms with Crippen molar-refractivity contribution in [2.24, 2.45) is 0 Å². The Balaban J connectivity index is 1.48. The van der Waals surface area contributed by atoms with Crippen LogP contribution in [-0.4, -0.2) is 0 Å². The molecule has 2 nitrogen and oxygen atoms in total. The van der Waals surface area contributed by atoms with Crippen LogP contribution in [0.2, 0.25) is 0 Å². The van der Waals surface area contributed by atoms with Crippen LogP contribution in [0.3, 0.4) is 0 Å². The summed E-state index contributed by atoms with van der Waals surface area (Å²) in [5.74, 6) is 1.61. The van der Waals surface area contributed by atoms with Crippen molar-refractivity contribution in [3.63, 3.8) is 0 Å². The maximum Gasteiger partial charge on any atom is 0.0543 e. The third-order valence-electron chi connectivity index (χ3n) is 11.3. The average molecular weight is 705 g/mol. The maximum atomic E-state index is 2.51. The Hall–Kier alpha value is -5.60. The fourth-order valence-corrected chi connectivity index (χ4v) is 8.36. The van der Waals surface area contributed by atoms with E-state index < -0.39 is 0 Å². The molecule has 0 fully saturated rings. The minimum Gasteiger partial charge on any atom is -0.310 e. The summed E-state index contributed by atoms with van der Waals surface area (Å²) >= 11 is 0. The van der Waals surface area contributed by atoms with Gasteiger partial charge >= 0.3 is 0 Å². The standard InChI is InChI=1S/C52H52N2/c1-33(2)37-19-23-41(24-20-37)53(39-15-11-9-12-16-39)49-30-29-44-46(35(5)6)31-48-50(32-47(36(7)8)43-27-28-45(49)51(44)52(43)48)54(40-17-13-10-14-18-40)42-25-21-38(22-26-42)34(3)4/h9-36H,1-8H3. The van der Waals surface area contributed by atoms with Crippen molar-refractivity contribution in [2.75, 3.05) is 9.80 Å². The Morgan fingerprint density at radius 1 is 0.315 bits per heavy atom. The van der Waals surface area contributed by atoms with Gasteiger partial charge in [0.1, 0.15) is 0 Å². The Labute approximate surface area is 322 Å². The van der Waals surface area contributed by atoms with Crippen molar-refractivity contribution in [3.8, 4) is 0 Å². The first kappa shape index (κ1) is 35.4. The van der Waals surface area contributed by atoms with Crippen LogP contribution in [0.1, 0.15) is 101 Å². The van der Waals surface area contributed by atoms with E-state index in [4.69, 9.17) is 0 Å². The zero-order valence-electron chi connectivity index (χ0n) is 33.1. The van der Waals surface area contributed by atoms with Crippen molar-refractivity contribution in [3.05, 3.63) is 168 Å². The lowest BCUT2D eigenvalue weighted by atomic mass is 9.83. The average Bonchev–Trinajstić information content (AvgIpc) is 3.18. The lowest BCUT2D eigenvalue weighted by molar-refractivity contribution is 0.866. The first-order valence-electron chi connectivity index (χ1n) is 19.8. The molecule has 270 valence electrons. The molecule has 0 unspecified atom stereocenters. The first-order chi connectivity index (χ1) is 26.1. The molecule has 8 aromatic carbocycles. The van der Waals surface area contributed by atoms with Gasteiger partial charge in [0.25, 0.3) is 0 Å². The van der Waals surface area contributed by atoms with E-state index in [1.165, 1.54) is 71.6 Å². The lowest BCUT2D eigenvalue weighted by Crippen LogP contribution is -2.13. The number of hydrogen-bond acceptors (Lipinski definition) is 2. The van der Waals surface area contributed by atoms with E-state index >= 15 is 0 Å². The van der Waals surface area contributed by atoms with Gasteiger partial charge in [0.05, 0.1) is 11.4 Å². The van der Waals surface area contributed by atoms with Gasteiger partial charge in [-0.05, 0) is 134 Å². The zero-order chi connectivity index (χ0) is 37.7. The smallest absolute Gasteiger partial charge is 0.0543 e. The molecule has 0 atom stereocenters. The first-order valence-corrected chi connectivity index (χ1v) is 19.8. The van der Waals surface area contributed by atoms with E-state index in [0.717, 1.165) is 17.1 Å². The molecule has 8 aromatic rings. The molecule has 0 radical (unpaired) electrons. The van der Waals surface area contributed by atoms with E-state index in [9.17, 15) is 0 Å². The molecule has 0 heterocycles. The minimum absolute atomic E-state index is 0.332. The van der Waals surface area contributed by atoms with Gasteiger partial charge in [0.2, 0.25) is 0 Å². The Morgan fingerprint density at radius 3 is 1.17 bits per heavy atom. The Morgan fingerprint density at radius 2 is 0.704 bits per heavy atom. The van der Waals surface area contributed by atoms with E-state index in [1.54, 1.807) is 0 Å². The van der Waals surface area contributed by atoms with Crippen LogP contribution in [0, 0.1) is 0 Å². The van der Waals surface area contributed by atoms with Crippen LogP contribution in [0.15, 0.2) is 146 Å². The summed E-state index contributed by atoms with van der Waals surface area (Å²) in [4.78, 5) is 4.93. The highest BCUT2D eigenvalue weighted by Gasteiger charge is 2.26. The number of hydrogen-bond donors (Lipinski definition) is 0. The number of rotatable bonds is 10. The molecule has 0 aliphatic carbocycles. The van der Waals surface area contributed by atoms with Gasteiger partial charge in [0, 0.05) is 33.5 Å². The second kappa shape index (κ2) is 14.3. The molecule has 2 heteroatoms. The van der Waals surface area contributed by atoms with Gasteiger partial charge < -0.3 is 9.80 Å². The van der Waals surface area contributed by atoms with Crippen LogP contribution < -0.4 is 9.80 Å². The largest absolute Gasteiger partial charge is 0.310 e. The van der Waals surface area contributed by atoms with Crippen LogP contribution in [0.5, 0.6) is 0 Å². The Kier molecular flexibility index (Phi) is 9.40. The summed E-state index contributed by atoms with van der Waals surface area (Å²) in [6.45, 7) is 18.4. The Bertz CT molecular complexity index is 2520. The van der Waals surface area contributed by atoms with Crippen molar-refractivity contribution in [1.82, 2.24) is 0 Å². The summed E-state index contributed by atoms with van der Waals surface area (Å²) in [5.41, 5.74) is 12.5.